The Morgan fingerprint density at radius 2 is 1.69 bits per heavy atom. The molecule has 7 heteroatoms. The molecule has 0 aliphatic carbocycles. The van der Waals surface area contributed by atoms with Gasteiger partial charge in [0.1, 0.15) is 11.9 Å². The number of hydrogen-bond donors (Lipinski definition) is 1. The molecular weight excluding hydrogens is 355 g/mol. The minimum atomic E-state index is -3.65. The molecule has 0 unspecified atom stereocenters. The molecule has 0 aliphatic heterocycles. The van der Waals surface area contributed by atoms with Crippen LogP contribution in [0.3, 0.4) is 0 Å². The van der Waals surface area contributed by atoms with E-state index in [2.05, 4.69) is 5.32 Å². The van der Waals surface area contributed by atoms with Crippen molar-refractivity contribution in [1.29, 1.82) is 0 Å². The molecule has 0 saturated heterocycles. The van der Waals surface area contributed by atoms with Crippen LogP contribution in [0.15, 0.2) is 48.5 Å². The number of sulfonamides is 1. The predicted octanol–water partition coefficient (Wildman–Crippen LogP) is 3.00. The summed E-state index contributed by atoms with van der Waals surface area (Å²) in [5, 5.41) is 2.74. The number of aryl methyl sites for hydroxylation is 1. The Labute approximate surface area is 153 Å². The Morgan fingerprint density at radius 1 is 1.12 bits per heavy atom. The Morgan fingerprint density at radius 3 is 2.19 bits per heavy atom. The Balaban J connectivity index is 2.22. The van der Waals surface area contributed by atoms with Gasteiger partial charge < -0.3 is 5.32 Å². The molecule has 1 N–H and O–H groups in total. The highest BCUT2D eigenvalue weighted by molar-refractivity contribution is 7.92. The van der Waals surface area contributed by atoms with E-state index in [-0.39, 0.29) is 12.4 Å². The number of amides is 1. The molecular formula is C19H23FN2O3S. The standard InChI is InChI=1S/C19H23FN2O3S/c1-4-18(19(23)21-13-15-7-9-16(20)10-8-15)22(26(3,24)25)17-11-5-14(2)6-12-17/h5-12,18H,4,13H2,1-3H3,(H,21,23)/t18-/m0/s1. The second-order valence-electron chi connectivity index (χ2n) is 6.16. The van der Waals surface area contributed by atoms with Crippen molar-refractivity contribution in [3.63, 3.8) is 0 Å². The minimum Gasteiger partial charge on any atom is -0.350 e. The predicted molar refractivity (Wildman–Crippen MR) is 101 cm³/mol. The molecule has 0 aliphatic rings. The molecule has 2 aromatic rings. The summed E-state index contributed by atoms with van der Waals surface area (Å²) in [5.41, 5.74) is 2.17. The molecule has 0 aromatic heterocycles. The molecule has 2 rings (SSSR count). The number of rotatable bonds is 7. The number of carbonyl (C=O) groups is 1. The van der Waals surface area contributed by atoms with Crippen molar-refractivity contribution in [3.05, 3.63) is 65.5 Å². The van der Waals surface area contributed by atoms with Gasteiger partial charge in [0.05, 0.1) is 11.9 Å². The fourth-order valence-corrected chi connectivity index (χ4v) is 3.87. The molecule has 0 saturated carbocycles. The Bertz CT molecular complexity index is 849. The first-order valence-electron chi connectivity index (χ1n) is 8.30. The molecule has 0 bridgehead atoms. The first-order chi connectivity index (χ1) is 12.2. The number of nitrogens with one attached hydrogen (secondary N) is 1. The lowest BCUT2D eigenvalue weighted by molar-refractivity contribution is -0.122. The highest BCUT2D eigenvalue weighted by Crippen LogP contribution is 2.23. The lowest BCUT2D eigenvalue weighted by atomic mass is 10.1. The molecule has 26 heavy (non-hydrogen) atoms. The van der Waals surface area contributed by atoms with Crippen LogP contribution in [0.25, 0.3) is 0 Å². The van der Waals surface area contributed by atoms with Crippen LogP contribution in [0.5, 0.6) is 0 Å². The molecule has 140 valence electrons. The van der Waals surface area contributed by atoms with Crippen LogP contribution in [0, 0.1) is 12.7 Å². The van der Waals surface area contributed by atoms with Crippen molar-refractivity contribution in [2.45, 2.75) is 32.9 Å². The third-order valence-corrected chi connectivity index (χ3v) is 5.18. The van der Waals surface area contributed by atoms with Gasteiger partial charge >= 0.3 is 0 Å². The summed E-state index contributed by atoms with van der Waals surface area (Å²) in [4.78, 5) is 12.7. The molecule has 0 radical (unpaired) electrons. The third-order valence-electron chi connectivity index (χ3n) is 4.00. The second-order valence-corrected chi connectivity index (χ2v) is 8.02. The Kier molecular flexibility index (Phi) is 6.37. The smallest absolute Gasteiger partial charge is 0.244 e. The number of benzene rings is 2. The summed E-state index contributed by atoms with van der Waals surface area (Å²) in [6.45, 7) is 3.86. The number of anilines is 1. The molecule has 1 amide bonds. The van der Waals surface area contributed by atoms with Crippen LogP contribution >= 0.6 is 0 Å². The quantitative estimate of drug-likeness (QED) is 0.805. The summed E-state index contributed by atoms with van der Waals surface area (Å²) in [6.07, 6.45) is 1.40. The van der Waals surface area contributed by atoms with Gasteiger partial charge in [0.15, 0.2) is 0 Å². The summed E-state index contributed by atoms with van der Waals surface area (Å²) in [7, 11) is -3.65. The van der Waals surface area contributed by atoms with Crippen LogP contribution in [0.2, 0.25) is 0 Å². The number of carbonyl (C=O) groups excluding carboxylic acids is 1. The normalized spacial score (nSPS) is 12.5. The largest absolute Gasteiger partial charge is 0.350 e. The average Bonchev–Trinajstić information content (AvgIpc) is 2.59. The lowest BCUT2D eigenvalue weighted by Crippen LogP contribution is -2.49. The monoisotopic (exact) mass is 378 g/mol. The van der Waals surface area contributed by atoms with E-state index >= 15 is 0 Å². The molecule has 1 atom stereocenters. The first-order valence-corrected chi connectivity index (χ1v) is 10.2. The number of halogens is 1. The van der Waals surface area contributed by atoms with Gasteiger partial charge in [0.2, 0.25) is 15.9 Å². The zero-order valence-electron chi connectivity index (χ0n) is 15.1. The maximum Gasteiger partial charge on any atom is 0.244 e. The highest BCUT2D eigenvalue weighted by Gasteiger charge is 2.31. The first kappa shape index (κ1) is 19.9. The molecule has 5 nitrogen and oxygen atoms in total. The number of nitrogens with zero attached hydrogens (tertiary/aromatic N) is 1. The summed E-state index contributed by atoms with van der Waals surface area (Å²) >= 11 is 0. The van der Waals surface area contributed by atoms with Crippen LogP contribution in [-0.4, -0.2) is 26.6 Å². The topological polar surface area (TPSA) is 66.5 Å². The third kappa shape index (κ3) is 5.05. The van der Waals surface area contributed by atoms with Crippen molar-refractivity contribution in [3.8, 4) is 0 Å². The summed E-state index contributed by atoms with van der Waals surface area (Å²) in [6, 6.07) is 11.9. The molecule has 0 spiro atoms. The van der Waals surface area contributed by atoms with Crippen molar-refractivity contribution in [2.24, 2.45) is 0 Å². The zero-order valence-corrected chi connectivity index (χ0v) is 15.9. The van der Waals surface area contributed by atoms with E-state index in [1.165, 1.54) is 12.1 Å². The van der Waals surface area contributed by atoms with Crippen LogP contribution in [-0.2, 0) is 21.4 Å². The van der Waals surface area contributed by atoms with Crippen LogP contribution < -0.4 is 9.62 Å². The van der Waals surface area contributed by atoms with Gasteiger partial charge in [-0.3, -0.25) is 9.10 Å². The van der Waals surface area contributed by atoms with E-state index in [1.807, 2.05) is 6.92 Å². The van der Waals surface area contributed by atoms with Crippen molar-refractivity contribution < 1.29 is 17.6 Å². The minimum absolute atomic E-state index is 0.196. The average molecular weight is 378 g/mol. The maximum atomic E-state index is 13.0. The van der Waals surface area contributed by atoms with E-state index in [1.54, 1.807) is 43.3 Å². The summed E-state index contributed by atoms with van der Waals surface area (Å²) < 4.78 is 38.8. The van der Waals surface area contributed by atoms with Gasteiger partial charge in [-0.15, -0.1) is 0 Å². The van der Waals surface area contributed by atoms with Gasteiger partial charge in [0, 0.05) is 6.54 Å². The maximum absolute atomic E-state index is 13.0. The van der Waals surface area contributed by atoms with Gasteiger partial charge in [-0.1, -0.05) is 36.8 Å². The van der Waals surface area contributed by atoms with Crippen molar-refractivity contribution in [2.75, 3.05) is 10.6 Å². The fraction of sp³-hybridized carbons (Fsp3) is 0.316. The van der Waals surface area contributed by atoms with Gasteiger partial charge in [0.25, 0.3) is 0 Å². The van der Waals surface area contributed by atoms with Crippen molar-refractivity contribution in [1.82, 2.24) is 5.32 Å². The van der Waals surface area contributed by atoms with E-state index in [0.29, 0.717) is 12.1 Å². The number of hydrogen-bond acceptors (Lipinski definition) is 3. The van der Waals surface area contributed by atoms with Crippen LogP contribution in [0.1, 0.15) is 24.5 Å². The fourth-order valence-electron chi connectivity index (χ4n) is 2.66. The lowest BCUT2D eigenvalue weighted by Gasteiger charge is -2.30. The zero-order chi connectivity index (χ0) is 19.3. The molecule has 0 heterocycles. The summed E-state index contributed by atoms with van der Waals surface area (Å²) in [5.74, 6) is -0.753. The highest BCUT2D eigenvalue weighted by atomic mass is 32.2. The van der Waals surface area contributed by atoms with Gasteiger partial charge in [-0.2, -0.15) is 0 Å². The Hall–Kier alpha value is -2.41. The van der Waals surface area contributed by atoms with E-state index in [4.69, 9.17) is 0 Å². The molecule has 0 fully saturated rings. The van der Waals surface area contributed by atoms with Gasteiger partial charge in [-0.05, 0) is 43.2 Å². The van der Waals surface area contributed by atoms with Crippen molar-refractivity contribution >= 4 is 21.6 Å². The second kappa shape index (κ2) is 8.31. The van der Waals surface area contributed by atoms with Crippen LogP contribution in [0.4, 0.5) is 10.1 Å². The van der Waals surface area contributed by atoms with E-state index in [0.717, 1.165) is 21.7 Å². The van der Waals surface area contributed by atoms with E-state index in [9.17, 15) is 17.6 Å². The van der Waals surface area contributed by atoms with E-state index < -0.39 is 22.0 Å². The SMILES string of the molecule is CC[C@@H](C(=O)NCc1ccc(F)cc1)N(c1ccc(C)cc1)S(C)(=O)=O. The molecule has 2 aromatic carbocycles. The van der Waals surface area contributed by atoms with Gasteiger partial charge in [-0.25, -0.2) is 12.8 Å².